The molecule has 1 saturated heterocycles. The second-order valence-electron chi connectivity index (χ2n) is 5.03. The number of carboxylic acids is 1. The fraction of sp³-hybridized carbons (Fsp3) is 0.846. The van der Waals surface area contributed by atoms with Gasteiger partial charge in [-0.3, -0.25) is 0 Å². The molecular formula is C13H24N2O3S. The Kier molecular flexibility index (Phi) is 5.52. The zero-order valence-corrected chi connectivity index (χ0v) is 12.9. The highest BCUT2D eigenvalue weighted by molar-refractivity contribution is 8.00. The molecule has 0 radical (unpaired) electrons. The summed E-state index contributed by atoms with van der Waals surface area (Å²) in [5, 5.41) is 12.5. The Bertz CT molecular complexity index is 345. The van der Waals surface area contributed by atoms with Gasteiger partial charge < -0.3 is 15.3 Å². The molecule has 0 aromatic carbocycles. The Morgan fingerprint density at radius 2 is 1.95 bits per heavy atom. The molecule has 2 unspecified atom stereocenters. The van der Waals surface area contributed by atoms with Crippen molar-refractivity contribution in [3.63, 3.8) is 0 Å². The Labute approximate surface area is 119 Å². The molecule has 0 aromatic heterocycles. The summed E-state index contributed by atoms with van der Waals surface area (Å²) in [6, 6.07) is -0.135. The lowest BCUT2D eigenvalue weighted by Crippen LogP contribution is -2.60. The number of carbonyl (C=O) groups is 2. The number of thioether (sulfide) groups is 1. The van der Waals surface area contributed by atoms with Crippen LogP contribution in [0.25, 0.3) is 0 Å². The first-order valence-corrected chi connectivity index (χ1v) is 7.86. The van der Waals surface area contributed by atoms with Gasteiger partial charge in [-0.25, -0.2) is 9.59 Å². The van der Waals surface area contributed by atoms with E-state index in [0.717, 1.165) is 5.75 Å². The number of nitrogens with zero attached hydrogens (tertiary/aromatic N) is 1. The standard InChI is InChI=1S/C13H24N2O3S/c1-5-13(6-2,11(16)17)14-12(18)15-7-8-19-10(4)9(15)3/h9-10H,5-8H2,1-4H3,(H,14,18)(H,16,17). The average molecular weight is 288 g/mol. The number of carboxylic acid groups (broad SMARTS) is 1. The van der Waals surface area contributed by atoms with Gasteiger partial charge in [-0.05, 0) is 19.8 Å². The fourth-order valence-corrected chi connectivity index (χ4v) is 3.38. The van der Waals surface area contributed by atoms with Crippen LogP contribution >= 0.6 is 11.8 Å². The molecule has 1 rings (SSSR count). The van der Waals surface area contributed by atoms with Gasteiger partial charge in [0.05, 0.1) is 0 Å². The number of rotatable bonds is 4. The van der Waals surface area contributed by atoms with Crippen LogP contribution in [0.1, 0.15) is 40.5 Å². The monoisotopic (exact) mass is 288 g/mol. The minimum atomic E-state index is -1.15. The zero-order chi connectivity index (χ0) is 14.6. The molecule has 0 spiro atoms. The van der Waals surface area contributed by atoms with Crippen LogP contribution in [0.15, 0.2) is 0 Å². The highest BCUT2D eigenvalue weighted by Crippen LogP contribution is 2.25. The van der Waals surface area contributed by atoms with Crippen LogP contribution in [0, 0.1) is 0 Å². The van der Waals surface area contributed by atoms with E-state index in [4.69, 9.17) is 0 Å². The van der Waals surface area contributed by atoms with E-state index in [1.54, 1.807) is 18.7 Å². The van der Waals surface area contributed by atoms with Gasteiger partial charge in [-0.2, -0.15) is 11.8 Å². The predicted molar refractivity (Wildman–Crippen MR) is 77.6 cm³/mol. The van der Waals surface area contributed by atoms with E-state index in [1.165, 1.54) is 0 Å². The van der Waals surface area contributed by atoms with Crippen molar-refractivity contribution in [1.82, 2.24) is 10.2 Å². The molecule has 0 saturated carbocycles. The van der Waals surface area contributed by atoms with Gasteiger partial charge in [0.1, 0.15) is 5.54 Å². The SMILES string of the molecule is CCC(CC)(NC(=O)N1CCSC(C)C1C)C(=O)O. The van der Waals surface area contributed by atoms with Crippen LogP contribution in [-0.2, 0) is 4.79 Å². The molecule has 110 valence electrons. The number of hydrogen-bond donors (Lipinski definition) is 2. The van der Waals surface area contributed by atoms with Gasteiger partial charge in [-0.1, -0.05) is 20.8 Å². The maximum Gasteiger partial charge on any atom is 0.329 e. The quantitative estimate of drug-likeness (QED) is 0.832. The Morgan fingerprint density at radius 3 is 2.42 bits per heavy atom. The lowest BCUT2D eigenvalue weighted by Gasteiger charge is -2.39. The summed E-state index contributed by atoms with van der Waals surface area (Å²) in [5.74, 6) is -0.0602. The van der Waals surface area contributed by atoms with Crippen molar-refractivity contribution in [2.75, 3.05) is 12.3 Å². The topological polar surface area (TPSA) is 69.6 Å². The van der Waals surface area contributed by atoms with Gasteiger partial charge in [0, 0.05) is 23.6 Å². The van der Waals surface area contributed by atoms with Crippen LogP contribution in [0.4, 0.5) is 4.79 Å². The van der Waals surface area contributed by atoms with E-state index < -0.39 is 11.5 Å². The first kappa shape index (κ1) is 16.1. The number of amides is 2. The Morgan fingerprint density at radius 1 is 1.37 bits per heavy atom. The predicted octanol–water partition coefficient (Wildman–Crippen LogP) is 2.17. The van der Waals surface area contributed by atoms with Crippen molar-refractivity contribution in [2.45, 2.75) is 57.4 Å². The summed E-state index contributed by atoms with van der Waals surface area (Å²) in [6.07, 6.45) is 0.772. The van der Waals surface area contributed by atoms with E-state index in [9.17, 15) is 14.7 Å². The van der Waals surface area contributed by atoms with Crippen molar-refractivity contribution < 1.29 is 14.7 Å². The van der Waals surface area contributed by atoms with Gasteiger partial charge in [-0.15, -0.1) is 0 Å². The number of urea groups is 1. The minimum absolute atomic E-state index is 0.124. The molecule has 1 aliphatic heterocycles. The van der Waals surface area contributed by atoms with E-state index in [-0.39, 0.29) is 12.1 Å². The third-order valence-electron chi connectivity index (χ3n) is 4.11. The molecule has 5 nitrogen and oxygen atoms in total. The van der Waals surface area contributed by atoms with Gasteiger partial charge in [0.15, 0.2) is 0 Å². The van der Waals surface area contributed by atoms with E-state index in [2.05, 4.69) is 12.2 Å². The molecule has 2 N–H and O–H groups in total. The maximum atomic E-state index is 12.3. The molecule has 0 bridgehead atoms. The highest BCUT2D eigenvalue weighted by Gasteiger charge is 2.39. The number of carbonyl (C=O) groups excluding carboxylic acids is 1. The second kappa shape index (κ2) is 6.50. The van der Waals surface area contributed by atoms with E-state index >= 15 is 0 Å². The van der Waals surface area contributed by atoms with Crippen molar-refractivity contribution in [2.24, 2.45) is 0 Å². The lowest BCUT2D eigenvalue weighted by atomic mass is 9.93. The molecule has 1 fully saturated rings. The maximum absolute atomic E-state index is 12.3. The molecule has 2 atom stereocenters. The molecule has 1 heterocycles. The van der Waals surface area contributed by atoms with Crippen molar-refractivity contribution in [1.29, 1.82) is 0 Å². The van der Waals surface area contributed by atoms with Crippen molar-refractivity contribution in [3.05, 3.63) is 0 Å². The molecular weight excluding hydrogens is 264 g/mol. The Balaban J connectivity index is 2.80. The van der Waals surface area contributed by atoms with Crippen LogP contribution in [0.2, 0.25) is 0 Å². The zero-order valence-electron chi connectivity index (χ0n) is 12.1. The molecule has 0 aliphatic carbocycles. The summed E-state index contributed by atoms with van der Waals surface area (Å²) < 4.78 is 0. The lowest BCUT2D eigenvalue weighted by molar-refractivity contribution is -0.144. The van der Waals surface area contributed by atoms with E-state index in [1.807, 2.05) is 18.7 Å². The second-order valence-corrected chi connectivity index (χ2v) is 6.52. The summed E-state index contributed by atoms with van der Waals surface area (Å²) in [6.45, 7) is 8.35. The summed E-state index contributed by atoms with van der Waals surface area (Å²) >= 11 is 1.85. The molecule has 2 amide bonds. The van der Waals surface area contributed by atoms with Gasteiger partial charge in [0.2, 0.25) is 0 Å². The molecule has 1 aliphatic rings. The molecule has 19 heavy (non-hydrogen) atoms. The third-order valence-corrected chi connectivity index (χ3v) is 5.45. The fourth-order valence-electron chi connectivity index (χ4n) is 2.28. The van der Waals surface area contributed by atoms with Crippen molar-refractivity contribution in [3.8, 4) is 0 Å². The van der Waals surface area contributed by atoms with E-state index in [0.29, 0.717) is 24.6 Å². The largest absolute Gasteiger partial charge is 0.480 e. The summed E-state index contributed by atoms with van der Waals surface area (Å²) in [4.78, 5) is 25.5. The third kappa shape index (κ3) is 3.35. The highest BCUT2D eigenvalue weighted by atomic mass is 32.2. The van der Waals surface area contributed by atoms with Crippen LogP contribution in [-0.4, -0.2) is 51.1 Å². The first-order valence-electron chi connectivity index (χ1n) is 6.81. The minimum Gasteiger partial charge on any atom is -0.480 e. The summed E-state index contributed by atoms with van der Waals surface area (Å²) in [7, 11) is 0. The van der Waals surface area contributed by atoms with Crippen molar-refractivity contribution >= 4 is 23.8 Å². The van der Waals surface area contributed by atoms with Crippen LogP contribution in [0.5, 0.6) is 0 Å². The first-order chi connectivity index (χ1) is 8.88. The molecule has 6 heteroatoms. The molecule has 0 aromatic rings. The van der Waals surface area contributed by atoms with Crippen LogP contribution < -0.4 is 5.32 Å². The number of nitrogens with one attached hydrogen (secondary N) is 1. The Hall–Kier alpha value is -0.910. The normalized spacial score (nSPS) is 24.1. The average Bonchev–Trinajstić information content (AvgIpc) is 2.38. The van der Waals surface area contributed by atoms with Gasteiger partial charge >= 0.3 is 12.0 Å². The number of aliphatic carboxylic acids is 1. The van der Waals surface area contributed by atoms with Gasteiger partial charge in [0.25, 0.3) is 0 Å². The van der Waals surface area contributed by atoms with Crippen LogP contribution in [0.3, 0.4) is 0 Å². The summed E-state index contributed by atoms with van der Waals surface area (Å²) in [5.41, 5.74) is -1.15. The smallest absolute Gasteiger partial charge is 0.329 e. The number of hydrogen-bond acceptors (Lipinski definition) is 3.